The Hall–Kier alpha value is -2.99. The molecule has 1 unspecified atom stereocenters. The van der Waals surface area contributed by atoms with Gasteiger partial charge in [-0.1, -0.05) is 47.6 Å². The summed E-state index contributed by atoms with van der Waals surface area (Å²) in [6, 6.07) is 15.3. The summed E-state index contributed by atoms with van der Waals surface area (Å²) < 4.78 is 5.46. The average molecular weight is 391 g/mol. The number of benzene rings is 2. The number of aryl methyl sites for hydroxylation is 1. The van der Waals surface area contributed by atoms with Crippen molar-refractivity contribution in [3.63, 3.8) is 0 Å². The smallest absolute Gasteiger partial charge is 0.336 e. The molecule has 2 aromatic carbocycles. The van der Waals surface area contributed by atoms with Gasteiger partial charge in [-0.25, -0.2) is 4.79 Å². The Morgan fingerprint density at radius 3 is 2.66 bits per heavy atom. The normalized spacial score (nSPS) is 19.9. The summed E-state index contributed by atoms with van der Waals surface area (Å²) in [5.41, 5.74) is 3.05. The highest BCUT2D eigenvalue weighted by Gasteiger charge is 2.37. The van der Waals surface area contributed by atoms with E-state index in [0.717, 1.165) is 49.5 Å². The lowest BCUT2D eigenvalue weighted by atomic mass is 9.81. The zero-order chi connectivity index (χ0) is 20.4. The lowest BCUT2D eigenvalue weighted by Gasteiger charge is -2.38. The van der Waals surface area contributed by atoms with Crippen LogP contribution in [-0.2, 0) is 12.0 Å². The number of likely N-dealkylation sites (tertiary alicyclic amines) is 1. The third-order valence-corrected chi connectivity index (χ3v) is 5.65. The fourth-order valence-electron chi connectivity index (χ4n) is 4.17. The minimum absolute atomic E-state index is 0.125. The first-order chi connectivity index (χ1) is 13.9. The van der Waals surface area contributed by atoms with Crippen LogP contribution in [0.3, 0.4) is 0 Å². The first-order valence-corrected chi connectivity index (χ1v) is 9.89. The molecule has 3 aromatic rings. The Balaban J connectivity index is 1.49. The van der Waals surface area contributed by atoms with Gasteiger partial charge in [0.2, 0.25) is 5.89 Å². The lowest BCUT2D eigenvalue weighted by Crippen LogP contribution is -2.44. The van der Waals surface area contributed by atoms with Crippen LogP contribution in [0, 0.1) is 6.92 Å². The van der Waals surface area contributed by atoms with Gasteiger partial charge in [0.15, 0.2) is 5.82 Å². The number of hydrogen-bond acceptors (Lipinski definition) is 5. The van der Waals surface area contributed by atoms with Gasteiger partial charge >= 0.3 is 5.97 Å². The first-order valence-electron chi connectivity index (χ1n) is 9.89. The molecular formula is C23H25N3O3. The van der Waals surface area contributed by atoms with Crippen LogP contribution in [0.15, 0.2) is 53.1 Å². The Morgan fingerprint density at radius 1 is 1.21 bits per heavy atom. The summed E-state index contributed by atoms with van der Waals surface area (Å²) in [7, 11) is 0. The largest absolute Gasteiger partial charge is 0.478 e. The van der Waals surface area contributed by atoms with Crippen LogP contribution in [0.4, 0.5) is 0 Å². The van der Waals surface area contributed by atoms with E-state index in [1.165, 1.54) is 5.56 Å². The molecule has 0 radical (unpaired) electrons. The second-order valence-corrected chi connectivity index (χ2v) is 8.07. The molecule has 150 valence electrons. The number of carbonyl (C=O) groups is 1. The topological polar surface area (TPSA) is 79.5 Å². The van der Waals surface area contributed by atoms with Crippen molar-refractivity contribution < 1.29 is 14.4 Å². The molecular weight excluding hydrogens is 366 g/mol. The number of piperidine rings is 1. The van der Waals surface area contributed by atoms with E-state index < -0.39 is 5.97 Å². The Kier molecular flexibility index (Phi) is 5.20. The van der Waals surface area contributed by atoms with Gasteiger partial charge in [-0.3, -0.25) is 4.90 Å². The van der Waals surface area contributed by atoms with Gasteiger partial charge in [-0.15, -0.1) is 0 Å². The van der Waals surface area contributed by atoms with E-state index in [1.54, 1.807) is 12.1 Å². The molecule has 29 heavy (non-hydrogen) atoms. The van der Waals surface area contributed by atoms with Crippen molar-refractivity contribution >= 4 is 5.97 Å². The van der Waals surface area contributed by atoms with Gasteiger partial charge in [-0.2, -0.15) is 4.98 Å². The van der Waals surface area contributed by atoms with E-state index in [4.69, 9.17) is 4.52 Å². The van der Waals surface area contributed by atoms with Crippen LogP contribution in [0.25, 0.3) is 11.1 Å². The van der Waals surface area contributed by atoms with Crippen molar-refractivity contribution in [2.24, 2.45) is 0 Å². The summed E-state index contributed by atoms with van der Waals surface area (Å²) in [5, 5.41) is 13.4. The molecule has 4 rings (SSSR count). The number of aromatic nitrogens is 2. The Bertz CT molecular complexity index is 1010. The number of aromatic carboxylic acids is 1. The predicted octanol–water partition coefficient (Wildman–Crippen LogP) is 4.30. The standard InChI is InChI=1S/C23H25N3O3/c1-16-24-22(29-25-16)23(2)12-5-13-26(15-23)14-17-8-10-18(11-9-17)19-6-3-4-7-20(19)21(27)28/h3-4,6-11H,5,12-15H2,1-2H3,(H,27,28). The van der Waals surface area contributed by atoms with Crippen LogP contribution < -0.4 is 0 Å². The monoisotopic (exact) mass is 391 g/mol. The summed E-state index contributed by atoms with van der Waals surface area (Å²) in [5.74, 6) is 0.490. The molecule has 0 spiro atoms. The number of carboxylic acid groups (broad SMARTS) is 1. The average Bonchev–Trinajstić information content (AvgIpc) is 3.16. The van der Waals surface area contributed by atoms with Crippen LogP contribution in [0.2, 0.25) is 0 Å². The Labute approximate surface area is 170 Å². The maximum atomic E-state index is 11.5. The molecule has 0 bridgehead atoms. The molecule has 0 amide bonds. The SMILES string of the molecule is Cc1noc(C2(C)CCCN(Cc3ccc(-c4ccccc4C(=O)O)cc3)C2)n1. The van der Waals surface area contributed by atoms with Gasteiger partial charge in [0.1, 0.15) is 0 Å². The number of carboxylic acids is 1. The molecule has 2 heterocycles. The summed E-state index contributed by atoms with van der Waals surface area (Å²) in [6.07, 6.45) is 2.12. The molecule has 1 fully saturated rings. The molecule has 6 nitrogen and oxygen atoms in total. The highest BCUT2D eigenvalue weighted by atomic mass is 16.5. The van der Waals surface area contributed by atoms with Crippen LogP contribution in [0.5, 0.6) is 0 Å². The lowest BCUT2D eigenvalue weighted by molar-refractivity contribution is 0.0697. The second-order valence-electron chi connectivity index (χ2n) is 8.07. The quantitative estimate of drug-likeness (QED) is 0.699. The maximum absolute atomic E-state index is 11.5. The van der Waals surface area contributed by atoms with Crippen LogP contribution >= 0.6 is 0 Å². The van der Waals surface area contributed by atoms with Gasteiger partial charge in [-0.05, 0) is 56.0 Å². The minimum atomic E-state index is -0.909. The number of rotatable bonds is 5. The zero-order valence-corrected chi connectivity index (χ0v) is 16.8. The minimum Gasteiger partial charge on any atom is -0.478 e. The van der Waals surface area contributed by atoms with Crippen molar-refractivity contribution in [2.45, 2.75) is 38.6 Å². The maximum Gasteiger partial charge on any atom is 0.336 e. The van der Waals surface area contributed by atoms with E-state index in [0.29, 0.717) is 11.4 Å². The van der Waals surface area contributed by atoms with Crippen molar-refractivity contribution in [3.8, 4) is 11.1 Å². The van der Waals surface area contributed by atoms with Crippen LogP contribution in [0.1, 0.15) is 47.4 Å². The molecule has 1 atom stereocenters. The van der Waals surface area contributed by atoms with Crippen molar-refractivity contribution in [1.29, 1.82) is 0 Å². The van der Waals surface area contributed by atoms with Crippen molar-refractivity contribution in [1.82, 2.24) is 15.0 Å². The number of nitrogens with zero attached hydrogens (tertiary/aromatic N) is 3. The number of hydrogen-bond donors (Lipinski definition) is 1. The second kappa shape index (κ2) is 7.79. The summed E-state index contributed by atoms with van der Waals surface area (Å²) in [6.45, 7) is 6.78. The van der Waals surface area contributed by atoms with Gasteiger partial charge in [0.25, 0.3) is 0 Å². The van der Waals surface area contributed by atoms with Gasteiger partial charge in [0, 0.05) is 13.1 Å². The van der Waals surface area contributed by atoms with Crippen molar-refractivity contribution in [3.05, 3.63) is 71.4 Å². The fourth-order valence-corrected chi connectivity index (χ4v) is 4.17. The summed E-state index contributed by atoms with van der Waals surface area (Å²) in [4.78, 5) is 18.4. The molecule has 0 saturated carbocycles. The van der Waals surface area contributed by atoms with E-state index in [-0.39, 0.29) is 5.41 Å². The zero-order valence-electron chi connectivity index (χ0n) is 16.8. The van der Waals surface area contributed by atoms with E-state index in [1.807, 2.05) is 31.2 Å². The molecule has 0 aliphatic carbocycles. The fraction of sp³-hybridized carbons (Fsp3) is 0.348. The van der Waals surface area contributed by atoms with E-state index in [2.05, 4.69) is 34.1 Å². The molecule has 1 saturated heterocycles. The third-order valence-electron chi connectivity index (χ3n) is 5.65. The summed E-state index contributed by atoms with van der Waals surface area (Å²) >= 11 is 0. The molecule has 1 aromatic heterocycles. The highest BCUT2D eigenvalue weighted by Crippen LogP contribution is 2.33. The van der Waals surface area contributed by atoms with Crippen molar-refractivity contribution in [2.75, 3.05) is 13.1 Å². The molecule has 1 aliphatic rings. The molecule has 1 N–H and O–H groups in total. The Morgan fingerprint density at radius 2 is 1.97 bits per heavy atom. The predicted molar refractivity (Wildman–Crippen MR) is 110 cm³/mol. The van der Waals surface area contributed by atoms with Gasteiger partial charge < -0.3 is 9.63 Å². The third kappa shape index (κ3) is 4.07. The first kappa shape index (κ1) is 19.3. The van der Waals surface area contributed by atoms with Gasteiger partial charge in [0.05, 0.1) is 11.0 Å². The highest BCUT2D eigenvalue weighted by molar-refractivity contribution is 5.95. The van der Waals surface area contributed by atoms with E-state index in [9.17, 15) is 9.90 Å². The molecule has 6 heteroatoms. The van der Waals surface area contributed by atoms with E-state index >= 15 is 0 Å². The van der Waals surface area contributed by atoms with Crippen LogP contribution in [-0.4, -0.2) is 39.2 Å². The molecule has 1 aliphatic heterocycles.